The first-order valence-corrected chi connectivity index (χ1v) is 8.31. The molecular formula is C16H32N2O. The first-order valence-electron chi connectivity index (χ1n) is 8.31. The molecular weight excluding hydrogens is 236 g/mol. The molecule has 19 heavy (non-hydrogen) atoms. The monoisotopic (exact) mass is 268 g/mol. The molecule has 3 nitrogen and oxygen atoms in total. The second kappa shape index (κ2) is 8.23. The van der Waals surface area contributed by atoms with Crippen LogP contribution in [0.1, 0.15) is 51.9 Å². The van der Waals surface area contributed by atoms with Crippen LogP contribution in [-0.4, -0.2) is 50.3 Å². The van der Waals surface area contributed by atoms with E-state index in [4.69, 9.17) is 4.74 Å². The first-order chi connectivity index (χ1) is 9.29. The molecule has 1 saturated heterocycles. The second-order valence-corrected chi connectivity index (χ2v) is 6.48. The number of ether oxygens (including phenoxy) is 1. The van der Waals surface area contributed by atoms with E-state index in [9.17, 15) is 0 Å². The molecule has 0 aromatic heterocycles. The van der Waals surface area contributed by atoms with Gasteiger partial charge in [-0.25, -0.2) is 0 Å². The van der Waals surface area contributed by atoms with Crippen molar-refractivity contribution in [2.75, 3.05) is 33.4 Å². The maximum absolute atomic E-state index is 5.59. The highest BCUT2D eigenvalue weighted by atomic mass is 16.5. The molecule has 1 heterocycles. The average Bonchev–Trinajstić information content (AvgIpc) is 2.46. The third kappa shape index (κ3) is 5.05. The zero-order valence-corrected chi connectivity index (χ0v) is 12.9. The smallest absolute Gasteiger partial charge is 0.0506 e. The normalized spacial score (nSPS) is 32.7. The van der Waals surface area contributed by atoms with E-state index < -0.39 is 0 Å². The van der Waals surface area contributed by atoms with Crippen LogP contribution in [0.2, 0.25) is 0 Å². The minimum Gasteiger partial charge on any atom is -0.381 e. The SMILES string of the molecule is CCCNC1CCC(N(C)CC2CCCOC2)CC1. The molecule has 0 amide bonds. The Labute approximate surface area is 119 Å². The molecule has 112 valence electrons. The van der Waals surface area contributed by atoms with Gasteiger partial charge in [0.15, 0.2) is 0 Å². The van der Waals surface area contributed by atoms with Gasteiger partial charge in [0.1, 0.15) is 0 Å². The molecule has 0 radical (unpaired) electrons. The second-order valence-electron chi connectivity index (χ2n) is 6.48. The fraction of sp³-hybridized carbons (Fsp3) is 1.00. The van der Waals surface area contributed by atoms with Crippen molar-refractivity contribution >= 4 is 0 Å². The summed E-state index contributed by atoms with van der Waals surface area (Å²) in [6, 6.07) is 1.59. The van der Waals surface area contributed by atoms with Gasteiger partial charge >= 0.3 is 0 Å². The lowest BCUT2D eigenvalue weighted by Gasteiger charge is -2.37. The minimum absolute atomic E-state index is 0.773. The standard InChI is InChI=1S/C16H32N2O/c1-3-10-17-15-6-8-16(9-7-15)18(2)12-14-5-4-11-19-13-14/h14-17H,3-13H2,1-2H3. The van der Waals surface area contributed by atoms with Gasteiger partial charge < -0.3 is 15.0 Å². The topological polar surface area (TPSA) is 24.5 Å². The van der Waals surface area contributed by atoms with Gasteiger partial charge in [0.25, 0.3) is 0 Å². The van der Waals surface area contributed by atoms with Gasteiger partial charge in [-0.15, -0.1) is 0 Å². The van der Waals surface area contributed by atoms with Crippen LogP contribution >= 0.6 is 0 Å². The number of hydrogen-bond donors (Lipinski definition) is 1. The van der Waals surface area contributed by atoms with E-state index in [-0.39, 0.29) is 0 Å². The molecule has 1 aliphatic heterocycles. The highest BCUT2D eigenvalue weighted by Crippen LogP contribution is 2.24. The maximum Gasteiger partial charge on any atom is 0.0506 e. The highest BCUT2D eigenvalue weighted by molar-refractivity contribution is 4.82. The zero-order valence-electron chi connectivity index (χ0n) is 12.9. The van der Waals surface area contributed by atoms with Crippen molar-refractivity contribution in [1.82, 2.24) is 10.2 Å². The fourth-order valence-corrected chi connectivity index (χ4v) is 3.58. The Morgan fingerprint density at radius 2 is 1.95 bits per heavy atom. The van der Waals surface area contributed by atoms with Crippen molar-refractivity contribution in [3.8, 4) is 0 Å². The summed E-state index contributed by atoms with van der Waals surface area (Å²) in [5.41, 5.74) is 0. The van der Waals surface area contributed by atoms with Gasteiger partial charge in [-0.1, -0.05) is 6.92 Å². The fourth-order valence-electron chi connectivity index (χ4n) is 3.58. The highest BCUT2D eigenvalue weighted by Gasteiger charge is 2.25. The van der Waals surface area contributed by atoms with E-state index in [0.717, 1.165) is 31.2 Å². The van der Waals surface area contributed by atoms with Gasteiger partial charge in [-0.3, -0.25) is 0 Å². The summed E-state index contributed by atoms with van der Waals surface area (Å²) in [4.78, 5) is 2.61. The molecule has 1 atom stereocenters. The zero-order chi connectivity index (χ0) is 13.5. The number of hydrogen-bond acceptors (Lipinski definition) is 3. The van der Waals surface area contributed by atoms with Crippen molar-refractivity contribution in [2.24, 2.45) is 5.92 Å². The van der Waals surface area contributed by atoms with Gasteiger partial charge in [0, 0.05) is 25.2 Å². The van der Waals surface area contributed by atoms with E-state index >= 15 is 0 Å². The molecule has 0 bridgehead atoms. The van der Waals surface area contributed by atoms with E-state index in [1.807, 2.05) is 0 Å². The Hall–Kier alpha value is -0.120. The Morgan fingerprint density at radius 3 is 2.58 bits per heavy atom. The van der Waals surface area contributed by atoms with Crippen LogP contribution in [0.3, 0.4) is 0 Å². The lowest BCUT2D eigenvalue weighted by Crippen LogP contribution is -2.43. The maximum atomic E-state index is 5.59. The predicted molar refractivity (Wildman–Crippen MR) is 80.5 cm³/mol. The van der Waals surface area contributed by atoms with Crippen LogP contribution in [0.4, 0.5) is 0 Å². The third-order valence-electron chi connectivity index (χ3n) is 4.80. The molecule has 2 rings (SSSR count). The lowest BCUT2D eigenvalue weighted by molar-refractivity contribution is 0.0323. The van der Waals surface area contributed by atoms with Crippen LogP contribution in [-0.2, 0) is 4.74 Å². The Morgan fingerprint density at radius 1 is 1.16 bits per heavy atom. The molecule has 1 aliphatic carbocycles. The Balaban J connectivity index is 1.65. The molecule has 1 unspecified atom stereocenters. The molecule has 3 heteroatoms. The van der Waals surface area contributed by atoms with E-state index in [2.05, 4.69) is 24.2 Å². The van der Waals surface area contributed by atoms with Crippen molar-refractivity contribution in [2.45, 2.75) is 64.0 Å². The molecule has 1 N–H and O–H groups in total. The summed E-state index contributed by atoms with van der Waals surface area (Å²) in [5, 5.41) is 3.67. The number of nitrogens with zero attached hydrogens (tertiary/aromatic N) is 1. The van der Waals surface area contributed by atoms with Crippen molar-refractivity contribution in [1.29, 1.82) is 0 Å². The molecule has 0 aromatic carbocycles. The Kier molecular flexibility index (Phi) is 6.62. The lowest BCUT2D eigenvalue weighted by atomic mass is 9.89. The summed E-state index contributed by atoms with van der Waals surface area (Å²) in [5.74, 6) is 0.773. The van der Waals surface area contributed by atoms with Crippen LogP contribution in [0.15, 0.2) is 0 Å². The third-order valence-corrected chi connectivity index (χ3v) is 4.80. The average molecular weight is 268 g/mol. The molecule has 2 fully saturated rings. The molecule has 0 aromatic rings. The van der Waals surface area contributed by atoms with Crippen LogP contribution < -0.4 is 5.32 Å². The number of rotatable bonds is 6. The molecule has 1 saturated carbocycles. The van der Waals surface area contributed by atoms with Crippen LogP contribution in [0.5, 0.6) is 0 Å². The molecule has 0 spiro atoms. The van der Waals surface area contributed by atoms with Crippen LogP contribution in [0, 0.1) is 5.92 Å². The molecule has 2 aliphatic rings. The van der Waals surface area contributed by atoms with Gasteiger partial charge in [-0.2, -0.15) is 0 Å². The first kappa shape index (κ1) is 15.3. The summed E-state index contributed by atoms with van der Waals surface area (Å²) in [7, 11) is 2.32. The van der Waals surface area contributed by atoms with Crippen molar-refractivity contribution < 1.29 is 4.74 Å². The minimum atomic E-state index is 0.773. The summed E-state index contributed by atoms with van der Waals surface area (Å²) in [6.07, 6.45) is 9.31. The van der Waals surface area contributed by atoms with Crippen LogP contribution in [0.25, 0.3) is 0 Å². The van der Waals surface area contributed by atoms with E-state index in [1.54, 1.807) is 0 Å². The predicted octanol–water partition coefficient (Wildman–Crippen LogP) is 2.66. The largest absolute Gasteiger partial charge is 0.381 e. The summed E-state index contributed by atoms with van der Waals surface area (Å²) in [6.45, 7) is 6.63. The Bertz CT molecular complexity index is 233. The van der Waals surface area contributed by atoms with Crippen molar-refractivity contribution in [3.63, 3.8) is 0 Å². The van der Waals surface area contributed by atoms with Crippen molar-refractivity contribution in [3.05, 3.63) is 0 Å². The summed E-state index contributed by atoms with van der Waals surface area (Å²) < 4.78 is 5.59. The quantitative estimate of drug-likeness (QED) is 0.801. The number of nitrogens with one attached hydrogen (secondary N) is 1. The van der Waals surface area contributed by atoms with Gasteiger partial charge in [0.05, 0.1) is 6.61 Å². The van der Waals surface area contributed by atoms with Gasteiger partial charge in [0.2, 0.25) is 0 Å². The van der Waals surface area contributed by atoms with E-state index in [0.29, 0.717) is 0 Å². The van der Waals surface area contributed by atoms with Gasteiger partial charge in [-0.05, 0) is 64.5 Å². The summed E-state index contributed by atoms with van der Waals surface area (Å²) >= 11 is 0. The van der Waals surface area contributed by atoms with E-state index in [1.165, 1.54) is 58.0 Å².